The zero-order chi connectivity index (χ0) is 12.2. The van der Waals surface area contributed by atoms with Crippen molar-refractivity contribution in [1.82, 2.24) is 10.2 Å². The molecule has 1 atom stereocenters. The van der Waals surface area contributed by atoms with Crippen LogP contribution in [0.1, 0.15) is 13.3 Å². The Kier molecular flexibility index (Phi) is 4.61. The highest BCUT2D eigenvalue weighted by Gasteiger charge is 2.39. The lowest BCUT2D eigenvalue weighted by atomic mass is 9.88. The largest absolute Gasteiger partial charge is 0.395 e. The normalized spacial score (nSPS) is 25.1. The molecule has 1 aliphatic rings. The van der Waals surface area contributed by atoms with Crippen molar-refractivity contribution in [2.75, 3.05) is 32.8 Å². The fraction of sp³-hybridized carbons (Fsp3) is 0.900. The number of hydrogen-bond acceptors (Lipinski definition) is 3. The molecule has 0 saturated carbocycles. The number of nitrogens with zero attached hydrogens (tertiary/aromatic N) is 1. The number of amides is 1. The molecule has 1 unspecified atom stereocenters. The highest BCUT2D eigenvalue weighted by molar-refractivity contribution is 5.83. The Morgan fingerprint density at radius 1 is 1.62 bits per heavy atom. The summed E-state index contributed by atoms with van der Waals surface area (Å²) in [6.45, 7) is 2.09. The van der Waals surface area contributed by atoms with Crippen LogP contribution >= 0.6 is 0 Å². The molecule has 4 nitrogen and oxygen atoms in total. The number of nitrogens with one attached hydrogen (secondary N) is 1. The van der Waals surface area contributed by atoms with Crippen LogP contribution in [0, 0.1) is 5.41 Å². The summed E-state index contributed by atoms with van der Waals surface area (Å²) >= 11 is 0. The van der Waals surface area contributed by atoms with Crippen LogP contribution in [-0.4, -0.2) is 55.1 Å². The third kappa shape index (κ3) is 3.12. The lowest BCUT2D eigenvalue weighted by Crippen LogP contribution is -2.46. The lowest BCUT2D eigenvalue weighted by molar-refractivity contribution is -0.142. The molecular formula is C10H18F2N2O2. The summed E-state index contributed by atoms with van der Waals surface area (Å²) in [5, 5.41) is 11.8. The minimum Gasteiger partial charge on any atom is -0.395 e. The molecule has 2 N–H and O–H groups in total. The van der Waals surface area contributed by atoms with Crippen LogP contribution in [-0.2, 0) is 4.79 Å². The quantitative estimate of drug-likeness (QED) is 0.710. The first kappa shape index (κ1) is 13.3. The fourth-order valence-electron chi connectivity index (χ4n) is 1.94. The number of alkyl halides is 2. The Morgan fingerprint density at radius 3 is 2.75 bits per heavy atom. The van der Waals surface area contributed by atoms with Crippen LogP contribution in [0.25, 0.3) is 0 Å². The second kappa shape index (κ2) is 5.54. The fourth-order valence-corrected chi connectivity index (χ4v) is 1.94. The average Bonchev–Trinajstić information content (AvgIpc) is 2.64. The summed E-state index contributed by atoms with van der Waals surface area (Å²) in [6, 6.07) is 0. The maximum absolute atomic E-state index is 12.3. The Balaban J connectivity index is 2.65. The number of aliphatic hydroxyl groups is 1. The molecule has 1 saturated heterocycles. The Labute approximate surface area is 93.6 Å². The zero-order valence-corrected chi connectivity index (χ0v) is 9.38. The van der Waals surface area contributed by atoms with Gasteiger partial charge in [-0.3, -0.25) is 4.79 Å². The second-order valence-electron chi connectivity index (χ2n) is 4.35. The third-order valence-corrected chi connectivity index (χ3v) is 2.90. The number of carbonyl (C=O) groups excluding carboxylic acids is 1. The summed E-state index contributed by atoms with van der Waals surface area (Å²) in [5.74, 6) is -0.299. The van der Waals surface area contributed by atoms with Crippen LogP contribution in [0.5, 0.6) is 0 Å². The lowest BCUT2D eigenvalue weighted by Gasteiger charge is -2.30. The summed E-state index contributed by atoms with van der Waals surface area (Å²) in [4.78, 5) is 13.1. The van der Waals surface area contributed by atoms with Crippen LogP contribution in [0.15, 0.2) is 0 Å². The van der Waals surface area contributed by atoms with Crippen molar-refractivity contribution >= 4 is 5.91 Å². The Morgan fingerprint density at radius 2 is 2.31 bits per heavy atom. The first-order chi connectivity index (χ1) is 7.49. The SMILES string of the molecule is CC1(C(=O)N(CCO)CC(F)F)CCNC1. The van der Waals surface area contributed by atoms with E-state index in [-0.39, 0.29) is 19.1 Å². The number of rotatable bonds is 5. The van der Waals surface area contributed by atoms with Gasteiger partial charge in [0, 0.05) is 13.1 Å². The highest BCUT2D eigenvalue weighted by atomic mass is 19.3. The minimum atomic E-state index is -2.56. The van der Waals surface area contributed by atoms with E-state index in [1.807, 2.05) is 0 Å². The molecule has 0 spiro atoms. The summed E-state index contributed by atoms with van der Waals surface area (Å²) in [6.07, 6.45) is -1.91. The first-order valence-corrected chi connectivity index (χ1v) is 5.39. The van der Waals surface area contributed by atoms with Gasteiger partial charge in [-0.2, -0.15) is 0 Å². The standard InChI is InChI=1S/C10H18F2N2O2/c1-10(2-3-13-7-10)9(16)14(4-5-15)6-8(11)12/h8,13,15H,2-7H2,1H3. The van der Waals surface area contributed by atoms with Crippen LogP contribution < -0.4 is 5.32 Å². The van der Waals surface area contributed by atoms with E-state index >= 15 is 0 Å². The van der Waals surface area contributed by atoms with Crippen molar-refractivity contribution in [3.63, 3.8) is 0 Å². The van der Waals surface area contributed by atoms with E-state index in [4.69, 9.17) is 5.11 Å². The van der Waals surface area contributed by atoms with Gasteiger partial charge in [-0.1, -0.05) is 0 Å². The van der Waals surface area contributed by atoms with E-state index in [1.54, 1.807) is 6.92 Å². The van der Waals surface area contributed by atoms with Crippen molar-refractivity contribution < 1.29 is 18.7 Å². The molecule has 0 bridgehead atoms. The van der Waals surface area contributed by atoms with Crippen molar-refractivity contribution in [3.8, 4) is 0 Å². The first-order valence-electron chi connectivity index (χ1n) is 5.39. The molecule has 6 heteroatoms. The van der Waals surface area contributed by atoms with Gasteiger partial charge < -0.3 is 15.3 Å². The number of carbonyl (C=O) groups is 1. The maximum Gasteiger partial charge on any atom is 0.255 e. The van der Waals surface area contributed by atoms with Gasteiger partial charge in [-0.15, -0.1) is 0 Å². The monoisotopic (exact) mass is 236 g/mol. The molecule has 16 heavy (non-hydrogen) atoms. The van der Waals surface area contributed by atoms with E-state index < -0.39 is 18.4 Å². The van der Waals surface area contributed by atoms with Gasteiger partial charge >= 0.3 is 0 Å². The zero-order valence-electron chi connectivity index (χ0n) is 9.38. The van der Waals surface area contributed by atoms with Crippen molar-refractivity contribution in [3.05, 3.63) is 0 Å². The van der Waals surface area contributed by atoms with Crippen LogP contribution in [0.2, 0.25) is 0 Å². The van der Waals surface area contributed by atoms with Crippen LogP contribution in [0.3, 0.4) is 0 Å². The number of hydrogen-bond donors (Lipinski definition) is 2. The number of halogens is 2. The molecule has 0 radical (unpaired) electrons. The predicted octanol–water partition coefficient (Wildman–Crippen LogP) is 0.0720. The maximum atomic E-state index is 12.3. The average molecular weight is 236 g/mol. The van der Waals surface area contributed by atoms with Gasteiger partial charge in [0.1, 0.15) is 0 Å². The van der Waals surface area contributed by atoms with E-state index in [9.17, 15) is 13.6 Å². The van der Waals surface area contributed by atoms with Gasteiger partial charge in [0.15, 0.2) is 0 Å². The van der Waals surface area contributed by atoms with Gasteiger partial charge in [0.2, 0.25) is 5.91 Å². The van der Waals surface area contributed by atoms with E-state index in [0.717, 1.165) is 11.4 Å². The minimum absolute atomic E-state index is 0.0290. The molecule has 1 rings (SSSR count). The predicted molar refractivity (Wildman–Crippen MR) is 55.3 cm³/mol. The Hall–Kier alpha value is -0.750. The van der Waals surface area contributed by atoms with E-state index in [2.05, 4.69) is 5.32 Å². The smallest absolute Gasteiger partial charge is 0.255 e. The van der Waals surface area contributed by atoms with Gasteiger partial charge in [0.25, 0.3) is 6.43 Å². The van der Waals surface area contributed by atoms with Crippen molar-refractivity contribution in [2.45, 2.75) is 19.8 Å². The summed E-state index contributed by atoms with van der Waals surface area (Å²) < 4.78 is 24.6. The molecule has 94 valence electrons. The molecule has 1 amide bonds. The molecule has 1 heterocycles. The number of aliphatic hydroxyl groups excluding tert-OH is 1. The molecule has 0 aromatic rings. The molecular weight excluding hydrogens is 218 g/mol. The van der Waals surface area contributed by atoms with Gasteiger partial charge in [-0.05, 0) is 19.9 Å². The van der Waals surface area contributed by atoms with Crippen molar-refractivity contribution in [2.24, 2.45) is 5.41 Å². The summed E-state index contributed by atoms with van der Waals surface area (Å²) in [5.41, 5.74) is -0.607. The molecule has 1 aliphatic heterocycles. The van der Waals surface area contributed by atoms with Crippen molar-refractivity contribution in [1.29, 1.82) is 0 Å². The van der Waals surface area contributed by atoms with Crippen LogP contribution in [0.4, 0.5) is 8.78 Å². The molecule has 0 aromatic carbocycles. The second-order valence-corrected chi connectivity index (χ2v) is 4.35. The topological polar surface area (TPSA) is 52.6 Å². The molecule has 1 fully saturated rings. The van der Waals surface area contributed by atoms with E-state index in [0.29, 0.717) is 13.0 Å². The van der Waals surface area contributed by atoms with E-state index in [1.165, 1.54) is 0 Å². The van der Waals surface area contributed by atoms with Gasteiger partial charge in [0.05, 0.1) is 18.6 Å². The third-order valence-electron chi connectivity index (χ3n) is 2.90. The summed E-state index contributed by atoms with van der Waals surface area (Å²) in [7, 11) is 0. The molecule has 0 aromatic heterocycles. The Bertz CT molecular complexity index is 243. The van der Waals surface area contributed by atoms with Gasteiger partial charge in [-0.25, -0.2) is 8.78 Å². The molecule has 0 aliphatic carbocycles. The highest BCUT2D eigenvalue weighted by Crippen LogP contribution is 2.27.